The van der Waals surface area contributed by atoms with Crippen LogP contribution in [0.4, 0.5) is 5.95 Å². The zero-order valence-corrected chi connectivity index (χ0v) is 12.5. The molecule has 0 spiro atoms. The van der Waals surface area contributed by atoms with Gasteiger partial charge in [0.05, 0.1) is 12.3 Å². The first-order valence-electron chi connectivity index (χ1n) is 7.13. The fraction of sp³-hybridized carbons (Fsp3) is 0.438. The first kappa shape index (κ1) is 14.6. The molecule has 0 aliphatic rings. The molecule has 0 saturated heterocycles. The maximum absolute atomic E-state index is 5.16. The highest BCUT2D eigenvalue weighted by atomic mass is 16.5. The van der Waals surface area contributed by atoms with Crippen molar-refractivity contribution in [1.29, 1.82) is 0 Å². The van der Waals surface area contributed by atoms with Crippen molar-refractivity contribution in [3.8, 4) is 5.69 Å². The molecule has 4 nitrogen and oxygen atoms in total. The molecule has 20 heavy (non-hydrogen) atoms. The number of para-hydroxylation sites is 1. The Morgan fingerprint density at radius 1 is 1.35 bits per heavy atom. The van der Waals surface area contributed by atoms with E-state index in [4.69, 9.17) is 4.74 Å². The number of nitrogens with one attached hydrogen (secondary N) is 1. The highest BCUT2D eigenvalue weighted by Crippen LogP contribution is 2.20. The lowest BCUT2D eigenvalue weighted by atomic mass is 10.1. The van der Waals surface area contributed by atoms with Crippen molar-refractivity contribution in [2.45, 2.75) is 32.7 Å². The maximum atomic E-state index is 5.16. The maximum Gasteiger partial charge on any atom is 0.207 e. The van der Waals surface area contributed by atoms with E-state index < -0.39 is 0 Å². The summed E-state index contributed by atoms with van der Waals surface area (Å²) in [6, 6.07) is 8.70. The van der Waals surface area contributed by atoms with Crippen LogP contribution in [-0.2, 0) is 11.2 Å². The second-order valence-electron chi connectivity index (χ2n) is 5.00. The van der Waals surface area contributed by atoms with Gasteiger partial charge in [-0.2, -0.15) is 0 Å². The topological polar surface area (TPSA) is 39.1 Å². The largest absolute Gasteiger partial charge is 0.383 e. The summed E-state index contributed by atoms with van der Waals surface area (Å²) in [5.74, 6) is 0.859. The molecule has 0 amide bonds. The number of nitrogens with zero attached hydrogens (tertiary/aromatic N) is 2. The summed E-state index contributed by atoms with van der Waals surface area (Å²) in [6.45, 7) is 4.94. The van der Waals surface area contributed by atoms with Crippen molar-refractivity contribution < 1.29 is 4.74 Å². The molecule has 1 aromatic carbocycles. The van der Waals surface area contributed by atoms with E-state index in [1.165, 1.54) is 11.3 Å². The van der Waals surface area contributed by atoms with Crippen molar-refractivity contribution in [3.63, 3.8) is 0 Å². The molecule has 0 fully saturated rings. The van der Waals surface area contributed by atoms with Crippen LogP contribution in [0.5, 0.6) is 0 Å². The predicted octanol–water partition coefficient (Wildman–Crippen LogP) is 3.27. The standard InChI is InChI=1S/C16H23N3O/c1-4-7-14-8-5-6-9-15(14)19-11-10-17-16(19)18-13(2)12-20-3/h5-6,8-11,13H,4,7,12H2,1-3H3,(H,17,18). The number of methoxy groups -OCH3 is 1. The van der Waals surface area contributed by atoms with E-state index in [1.54, 1.807) is 7.11 Å². The van der Waals surface area contributed by atoms with E-state index in [1.807, 2.05) is 12.4 Å². The number of ether oxygens (including phenoxy) is 1. The van der Waals surface area contributed by atoms with Gasteiger partial charge in [0, 0.05) is 25.5 Å². The van der Waals surface area contributed by atoms with Gasteiger partial charge in [-0.1, -0.05) is 31.5 Å². The van der Waals surface area contributed by atoms with Gasteiger partial charge >= 0.3 is 0 Å². The van der Waals surface area contributed by atoms with Crippen molar-refractivity contribution >= 4 is 5.95 Å². The molecule has 1 N–H and O–H groups in total. The van der Waals surface area contributed by atoms with Crippen LogP contribution in [0.15, 0.2) is 36.7 Å². The number of hydrogen-bond acceptors (Lipinski definition) is 3. The summed E-state index contributed by atoms with van der Waals surface area (Å²) < 4.78 is 7.27. The molecule has 108 valence electrons. The van der Waals surface area contributed by atoms with Gasteiger partial charge in [-0.05, 0) is 25.0 Å². The summed E-state index contributed by atoms with van der Waals surface area (Å²) in [4.78, 5) is 4.41. The normalized spacial score (nSPS) is 12.3. The second kappa shape index (κ2) is 7.10. The monoisotopic (exact) mass is 273 g/mol. The molecule has 2 aromatic rings. The zero-order chi connectivity index (χ0) is 14.4. The summed E-state index contributed by atoms with van der Waals surface area (Å²) >= 11 is 0. The number of rotatable bonds is 7. The van der Waals surface area contributed by atoms with E-state index >= 15 is 0 Å². The van der Waals surface area contributed by atoms with Crippen molar-refractivity contribution in [2.24, 2.45) is 0 Å². The van der Waals surface area contributed by atoms with Gasteiger partial charge in [0.15, 0.2) is 0 Å². The third-order valence-electron chi connectivity index (χ3n) is 3.20. The Balaban J connectivity index is 2.27. The van der Waals surface area contributed by atoms with Gasteiger partial charge < -0.3 is 10.1 Å². The Labute approximate surface area is 120 Å². The molecule has 1 heterocycles. The van der Waals surface area contributed by atoms with E-state index in [0.29, 0.717) is 6.61 Å². The molecule has 0 aliphatic heterocycles. The molecule has 4 heteroatoms. The molecule has 0 saturated carbocycles. The minimum atomic E-state index is 0.222. The van der Waals surface area contributed by atoms with Crippen LogP contribution in [0.1, 0.15) is 25.8 Å². The summed E-state index contributed by atoms with van der Waals surface area (Å²) in [5.41, 5.74) is 2.54. The summed E-state index contributed by atoms with van der Waals surface area (Å²) in [6.07, 6.45) is 6.02. The lowest BCUT2D eigenvalue weighted by Gasteiger charge is -2.17. The zero-order valence-electron chi connectivity index (χ0n) is 12.5. The van der Waals surface area contributed by atoms with E-state index in [0.717, 1.165) is 18.8 Å². The fourth-order valence-electron chi connectivity index (χ4n) is 2.34. The summed E-state index contributed by atoms with van der Waals surface area (Å²) in [7, 11) is 1.71. The van der Waals surface area contributed by atoms with Crippen LogP contribution in [0.3, 0.4) is 0 Å². The highest BCUT2D eigenvalue weighted by Gasteiger charge is 2.10. The van der Waals surface area contributed by atoms with Crippen molar-refractivity contribution in [3.05, 3.63) is 42.2 Å². The Kier molecular flexibility index (Phi) is 5.18. The average Bonchev–Trinajstić information content (AvgIpc) is 2.88. The first-order valence-corrected chi connectivity index (χ1v) is 7.13. The number of aromatic nitrogens is 2. The van der Waals surface area contributed by atoms with Crippen molar-refractivity contribution in [2.75, 3.05) is 19.0 Å². The quantitative estimate of drug-likeness (QED) is 0.841. The molecule has 2 rings (SSSR count). The number of hydrogen-bond donors (Lipinski definition) is 1. The lowest BCUT2D eigenvalue weighted by Crippen LogP contribution is -2.23. The predicted molar refractivity (Wildman–Crippen MR) is 82.5 cm³/mol. The van der Waals surface area contributed by atoms with Gasteiger partial charge in [0.25, 0.3) is 0 Å². The van der Waals surface area contributed by atoms with Crippen LogP contribution < -0.4 is 5.32 Å². The van der Waals surface area contributed by atoms with Crippen LogP contribution in [0.25, 0.3) is 5.69 Å². The van der Waals surface area contributed by atoms with E-state index in [-0.39, 0.29) is 6.04 Å². The number of anilines is 1. The van der Waals surface area contributed by atoms with E-state index in [9.17, 15) is 0 Å². The molecular formula is C16H23N3O. The molecule has 1 atom stereocenters. The smallest absolute Gasteiger partial charge is 0.207 e. The van der Waals surface area contributed by atoms with Crippen LogP contribution >= 0.6 is 0 Å². The molecule has 0 radical (unpaired) electrons. The first-order chi connectivity index (χ1) is 9.76. The molecular weight excluding hydrogens is 250 g/mol. The SMILES string of the molecule is CCCc1ccccc1-n1ccnc1NC(C)COC. The Morgan fingerprint density at radius 3 is 2.90 bits per heavy atom. The third-order valence-corrected chi connectivity index (χ3v) is 3.20. The molecule has 1 aromatic heterocycles. The van der Waals surface area contributed by atoms with Gasteiger partial charge in [-0.25, -0.2) is 4.98 Å². The number of benzene rings is 1. The van der Waals surface area contributed by atoms with Gasteiger partial charge in [-0.3, -0.25) is 4.57 Å². The fourth-order valence-corrected chi connectivity index (χ4v) is 2.34. The molecule has 0 aliphatic carbocycles. The lowest BCUT2D eigenvalue weighted by molar-refractivity contribution is 0.190. The highest BCUT2D eigenvalue weighted by molar-refractivity contribution is 5.47. The van der Waals surface area contributed by atoms with E-state index in [2.05, 4.69) is 53.0 Å². The van der Waals surface area contributed by atoms with Crippen LogP contribution in [0, 0.1) is 0 Å². The minimum absolute atomic E-state index is 0.222. The Hall–Kier alpha value is -1.81. The van der Waals surface area contributed by atoms with Gasteiger partial charge in [0.1, 0.15) is 0 Å². The third kappa shape index (κ3) is 3.39. The van der Waals surface area contributed by atoms with Gasteiger partial charge in [0.2, 0.25) is 5.95 Å². The van der Waals surface area contributed by atoms with Crippen molar-refractivity contribution in [1.82, 2.24) is 9.55 Å². The molecule has 0 bridgehead atoms. The summed E-state index contributed by atoms with van der Waals surface area (Å²) in [5, 5.41) is 3.39. The Bertz CT molecular complexity index is 536. The average molecular weight is 273 g/mol. The molecule has 1 unspecified atom stereocenters. The van der Waals surface area contributed by atoms with Crippen LogP contribution in [0.2, 0.25) is 0 Å². The Morgan fingerprint density at radius 2 is 2.15 bits per heavy atom. The second-order valence-corrected chi connectivity index (χ2v) is 5.00. The van der Waals surface area contributed by atoms with Crippen LogP contribution in [-0.4, -0.2) is 29.3 Å². The van der Waals surface area contributed by atoms with Gasteiger partial charge in [-0.15, -0.1) is 0 Å². The number of aryl methyl sites for hydroxylation is 1. The minimum Gasteiger partial charge on any atom is -0.383 e. The number of imidazole rings is 1.